The van der Waals surface area contributed by atoms with Crippen molar-refractivity contribution in [1.29, 1.82) is 0 Å². The number of nitrogens with one attached hydrogen (secondary N) is 1. The Hall–Kier alpha value is -0.860. The molecule has 1 aromatic carbocycles. The number of carbonyl (C=O) groups is 1. The highest BCUT2D eigenvalue weighted by atomic mass is 127. The summed E-state index contributed by atoms with van der Waals surface area (Å²) in [4.78, 5) is 10.5. The van der Waals surface area contributed by atoms with E-state index in [1.54, 1.807) is 27.9 Å². The van der Waals surface area contributed by atoms with Crippen LogP contribution in [0.3, 0.4) is 0 Å². The summed E-state index contributed by atoms with van der Waals surface area (Å²) in [6.07, 6.45) is -4.95. The smallest absolute Gasteiger partial charge is 0.317 e. The zero-order valence-electron chi connectivity index (χ0n) is 7.03. The third-order valence-corrected chi connectivity index (χ3v) is 2.33. The second-order valence-electron chi connectivity index (χ2n) is 2.58. The number of amides is 1. The van der Waals surface area contributed by atoms with Crippen LogP contribution in [0, 0.1) is 9.39 Å². The van der Waals surface area contributed by atoms with E-state index < -0.39 is 17.9 Å². The van der Waals surface area contributed by atoms with Gasteiger partial charge in [0.05, 0.1) is 5.69 Å². The molecule has 0 saturated heterocycles. The van der Waals surface area contributed by atoms with E-state index in [0.717, 1.165) is 18.2 Å². The first-order chi connectivity index (χ1) is 6.80. The lowest BCUT2D eigenvalue weighted by molar-refractivity contribution is -0.167. The van der Waals surface area contributed by atoms with Crippen LogP contribution in [0.25, 0.3) is 0 Å². The summed E-state index contributed by atoms with van der Waals surface area (Å²) in [7, 11) is 0. The van der Waals surface area contributed by atoms with Gasteiger partial charge >= 0.3 is 12.1 Å². The Morgan fingerprint density at radius 1 is 1.33 bits per heavy atom. The van der Waals surface area contributed by atoms with E-state index in [-0.39, 0.29) is 9.26 Å². The molecule has 0 unspecified atom stereocenters. The average Bonchev–Trinajstić information content (AvgIpc) is 2.08. The Labute approximate surface area is 95.8 Å². The van der Waals surface area contributed by atoms with Gasteiger partial charge in [0.15, 0.2) is 0 Å². The fourth-order valence-corrected chi connectivity index (χ4v) is 1.40. The lowest BCUT2D eigenvalue weighted by Gasteiger charge is -2.09. The Morgan fingerprint density at radius 2 is 1.93 bits per heavy atom. The average molecular weight is 333 g/mol. The van der Waals surface area contributed by atoms with Gasteiger partial charge in [-0.05, 0) is 40.8 Å². The van der Waals surface area contributed by atoms with Crippen molar-refractivity contribution >= 4 is 34.2 Å². The van der Waals surface area contributed by atoms with Gasteiger partial charge in [0.25, 0.3) is 0 Å². The zero-order valence-corrected chi connectivity index (χ0v) is 9.19. The van der Waals surface area contributed by atoms with Crippen LogP contribution in [0.15, 0.2) is 18.2 Å². The number of rotatable bonds is 1. The van der Waals surface area contributed by atoms with Gasteiger partial charge in [-0.15, -0.1) is 0 Å². The summed E-state index contributed by atoms with van der Waals surface area (Å²) in [5.74, 6) is -2.66. The lowest BCUT2D eigenvalue weighted by atomic mass is 10.3. The predicted molar refractivity (Wildman–Crippen MR) is 53.8 cm³/mol. The minimum Gasteiger partial charge on any atom is -0.317 e. The lowest BCUT2D eigenvalue weighted by Crippen LogP contribution is -2.30. The van der Waals surface area contributed by atoms with Crippen LogP contribution >= 0.6 is 22.6 Å². The van der Waals surface area contributed by atoms with Crippen molar-refractivity contribution in [2.24, 2.45) is 0 Å². The molecule has 0 bridgehead atoms. The highest BCUT2D eigenvalue weighted by Gasteiger charge is 2.38. The molecular formula is C8H4F4INO. The molecule has 0 spiro atoms. The van der Waals surface area contributed by atoms with Gasteiger partial charge in [-0.1, -0.05) is 0 Å². The predicted octanol–water partition coefficient (Wildman–Crippen LogP) is 2.93. The van der Waals surface area contributed by atoms with Crippen LogP contribution in [0.4, 0.5) is 23.2 Å². The fraction of sp³-hybridized carbons (Fsp3) is 0.125. The van der Waals surface area contributed by atoms with Gasteiger partial charge in [-0.2, -0.15) is 13.2 Å². The van der Waals surface area contributed by atoms with Gasteiger partial charge in [-0.25, -0.2) is 4.39 Å². The first kappa shape index (κ1) is 12.2. The van der Waals surface area contributed by atoms with Crippen molar-refractivity contribution in [3.8, 4) is 0 Å². The molecule has 0 atom stereocenters. The molecule has 0 heterocycles. The molecule has 0 fully saturated rings. The molecule has 0 aromatic heterocycles. The Bertz CT molecular complexity index is 391. The molecule has 82 valence electrons. The minimum atomic E-state index is -4.95. The van der Waals surface area contributed by atoms with E-state index in [1.165, 1.54) is 0 Å². The second kappa shape index (κ2) is 4.33. The number of anilines is 1. The van der Waals surface area contributed by atoms with Gasteiger partial charge < -0.3 is 5.32 Å². The van der Waals surface area contributed by atoms with E-state index in [4.69, 9.17) is 0 Å². The van der Waals surface area contributed by atoms with Gasteiger partial charge in [0.1, 0.15) is 5.82 Å². The van der Waals surface area contributed by atoms with Crippen molar-refractivity contribution in [2.75, 3.05) is 5.32 Å². The normalized spacial score (nSPS) is 11.3. The third-order valence-electron chi connectivity index (χ3n) is 1.44. The van der Waals surface area contributed by atoms with Crippen molar-refractivity contribution in [3.63, 3.8) is 0 Å². The van der Waals surface area contributed by atoms with E-state index in [9.17, 15) is 22.4 Å². The molecule has 0 aliphatic heterocycles. The van der Waals surface area contributed by atoms with Gasteiger partial charge in [0, 0.05) is 3.57 Å². The number of halogens is 5. The Kier molecular flexibility index (Phi) is 3.53. The first-order valence-electron chi connectivity index (χ1n) is 3.64. The summed E-state index contributed by atoms with van der Waals surface area (Å²) in [5.41, 5.74) is -0.0701. The number of carbonyl (C=O) groups excluding carboxylic acids is 1. The molecule has 1 aromatic rings. The largest absolute Gasteiger partial charge is 0.471 e. The summed E-state index contributed by atoms with van der Waals surface area (Å²) in [6, 6.07) is 3.06. The maximum absolute atomic E-state index is 12.6. The number of alkyl halides is 3. The van der Waals surface area contributed by atoms with Crippen LogP contribution in [-0.4, -0.2) is 12.1 Å². The Morgan fingerprint density at radius 3 is 2.40 bits per heavy atom. The summed E-state index contributed by atoms with van der Waals surface area (Å²) >= 11 is 1.63. The first-order valence-corrected chi connectivity index (χ1v) is 4.72. The quantitative estimate of drug-likeness (QED) is 0.621. The molecule has 0 aliphatic carbocycles. The highest BCUT2D eigenvalue weighted by molar-refractivity contribution is 14.1. The molecule has 0 saturated carbocycles. The molecule has 7 heteroatoms. The van der Waals surface area contributed by atoms with E-state index in [1.807, 2.05) is 0 Å². The molecule has 1 amide bonds. The maximum atomic E-state index is 12.6. The van der Waals surface area contributed by atoms with Crippen LogP contribution in [0.1, 0.15) is 0 Å². The molecule has 1 N–H and O–H groups in total. The van der Waals surface area contributed by atoms with Crippen molar-refractivity contribution in [1.82, 2.24) is 0 Å². The van der Waals surface area contributed by atoms with Gasteiger partial charge in [-0.3, -0.25) is 4.79 Å². The minimum absolute atomic E-state index is 0.0701. The molecule has 15 heavy (non-hydrogen) atoms. The molecule has 1 rings (SSSR count). The molecule has 0 aliphatic rings. The number of hydrogen-bond donors (Lipinski definition) is 1. The van der Waals surface area contributed by atoms with Crippen LogP contribution < -0.4 is 5.32 Å². The SMILES string of the molecule is O=C(Nc1ccc(F)cc1I)C(F)(F)F. The van der Waals surface area contributed by atoms with Crippen molar-refractivity contribution in [3.05, 3.63) is 27.6 Å². The molecule has 2 nitrogen and oxygen atoms in total. The van der Waals surface area contributed by atoms with Crippen molar-refractivity contribution in [2.45, 2.75) is 6.18 Å². The van der Waals surface area contributed by atoms with E-state index in [0.29, 0.717) is 0 Å². The summed E-state index contributed by atoms with van der Waals surface area (Å²) < 4.78 is 48.4. The Balaban J connectivity index is 2.87. The zero-order chi connectivity index (χ0) is 11.6. The summed E-state index contributed by atoms with van der Waals surface area (Å²) in [5, 5.41) is 1.64. The standard InChI is InChI=1S/C8H4F4INO/c9-4-1-2-6(5(13)3-4)14-7(15)8(10,11)12/h1-3H,(H,14,15). The van der Waals surface area contributed by atoms with Crippen LogP contribution in [0.2, 0.25) is 0 Å². The maximum Gasteiger partial charge on any atom is 0.471 e. The summed E-state index contributed by atoms with van der Waals surface area (Å²) in [6.45, 7) is 0. The topological polar surface area (TPSA) is 29.1 Å². The fourth-order valence-electron chi connectivity index (χ4n) is 0.784. The monoisotopic (exact) mass is 333 g/mol. The van der Waals surface area contributed by atoms with E-state index in [2.05, 4.69) is 0 Å². The molecular weight excluding hydrogens is 329 g/mol. The van der Waals surface area contributed by atoms with E-state index >= 15 is 0 Å². The van der Waals surface area contributed by atoms with Gasteiger partial charge in [0.2, 0.25) is 0 Å². The number of benzene rings is 1. The number of hydrogen-bond acceptors (Lipinski definition) is 1. The highest BCUT2D eigenvalue weighted by Crippen LogP contribution is 2.22. The second-order valence-corrected chi connectivity index (χ2v) is 3.74. The van der Waals surface area contributed by atoms with Crippen LogP contribution in [-0.2, 0) is 4.79 Å². The molecule has 0 radical (unpaired) electrons. The van der Waals surface area contributed by atoms with Crippen LogP contribution in [0.5, 0.6) is 0 Å². The third kappa shape index (κ3) is 3.33. The van der Waals surface area contributed by atoms with Crippen molar-refractivity contribution < 1.29 is 22.4 Å².